The molecule has 0 atom stereocenters. The average Bonchev–Trinajstić information content (AvgIpc) is 2.47. The predicted octanol–water partition coefficient (Wildman–Crippen LogP) is 1.54. The third-order valence-corrected chi connectivity index (χ3v) is 3.13. The molecule has 1 saturated carbocycles. The minimum absolute atomic E-state index is 0.518. The van der Waals surface area contributed by atoms with Crippen molar-refractivity contribution in [2.24, 2.45) is 0 Å². The Hall–Kier alpha value is -1.19. The molecule has 0 radical (unpaired) electrons. The molecule has 0 unspecified atom stereocenters. The average molecular weight is 194 g/mol. The third kappa shape index (κ3) is 1.45. The maximum absolute atomic E-state index is 5.86. The largest absolute Gasteiger partial charge is 0.382 e. The zero-order chi connectivity index (χ0) is 10.1. The first kappa shape index (κ1) is 9.37. The molecule has 1 aromatic rings. The highest BCUT2D eigenvalue weighted by atomic mass is 15.4. The summed E-state index contributed by atoms with van der Waals surface area (Å²) in [5.74, 6) is 7.96. The summed E-state index contributed by atoms with van der Waals surface area (Å²) in [5, 5.41) is 0. The van der Waals surface area contributed by atoms with Gasteiger partial charge in [0.1, 0.15) is 11.6 Å². The Morgan fingerprint density at radius 3 is 2.43 bits per heavy atom. The lowest BCUT2D eigenvalue weighted by Crippen LogP contribution is -2.19. The summed E-state index contributed by atoms with van der Waals surface area (Å²) < 4.78 is 1.56. The Labute approximate surface area is 84.3 Å². The van der Waals surface area contributed by atoms with E-state index >= 15 is 0 Å². The molecule has 4 N–H and O–H groups in total. The zero-order valence-corrected chi connectivity index (χ0v) is 8.66. The fraction of sp³-hybridized carbons (Fsp3) is 0.700. The summed E-state index contributed by atoms with van der Waals surface area (Å²) in [7, 11) is 0. The summed E-state index contributed by atoms with van der Waals surface area (Å²) in [6, 6.07) is 0. The second-order valence-electron chi connectivity index (χ2n) is 4.15. The lowest BCUT2D eigenvalue weighted by atomic mass is 9.89. The fourth-order valence-electron chi connectivity index (χ4n) is 2.23. The molecule has 4 heteroatoms. The molecule has 1 aliphatic rings. The first-order valence-electron chi connectivity index (χ1n) is 5.30. The van der Waals surface area contributed by atoms with Gasteiger partial charge in [-0.3, -0.25) is 0 Å². The summed E-state index contributed by atoms with van der Waals surface area (Å²) >= 11 is 0. The fourth-order valence-corrected chi connectivity index (χ4v) is 2.23. The summed E-state index contributed by atoms with van der Waals surface area (Å²) in [5.41, 5.74) is 6.64. The van der Waals surface area contributed by atoms with Crippen molar-refractivity contribution in [1.29, 1.82) is 0 Å². The van der Waals surface area contributed by atoms with Gasteiger partial charge in [0.2, 0.25) is 0 Å². The van der Waals surface area contributed by atoms with E-state index in [1.807, 2.05) is 6.92 Å². The number of aromatic nitrogens is 2. The molecule has 1 aromatic heterocycles. The molecule has 0 bridgehead atoms. The number of hydrogen-bond acceptors (Lipinski definition) is 3. The van der Waals surface area contributed by atoms with Crippen LogP contribution in [0.4, 0.5) is 5.82 Å². The van der Waals surface area contributed by atoms with Crippen LogP contribution < -0.4 is 11.6 Å². The van der Waals surface area contributed by atoms with Gasteiger partial charge >= 0.3 is 0 Å². The topological polar surface area (TPSA) is 69.9 Å². The SMILES string of the molecule is Cc1nc(C2CCCCC2)n(N)c1N. The molecule has 1 aliphatic carbocycles. The van der Waals surface area contributed by atoms with E-state index in [0.717, 1.165) is 11.5 Å². The molecule has 0 aromatic carbocycles. The molecule has 0 aliphatic heterocycles. The van der Waals surface area contributed by atoms with Gasteiger partial charge in [-0.15, -0.1) is 0 Å². The number of imidazole rings is 1. The van der Waals surface area contributed by atoms with E-state index in [0.29, 0.717) is 11.7 Å². The predicted molar refractivity (Wildman–Crippen MR) is 57.4 cm³/mol. The molecular weight excluding hydrogens is 176 g/mol. The lowest BCUT2D eigenvalue weighted by Gasteiger charge is -2.20. The third-order valence-electron chi connectivity index (χ3n) is 3.13. The number of nitrogens with two attached hydrogens (primary N) is 2. The molecule has 0 spiro atoms. The maximum Gasteiger partial charge on any atom is 0.145 e. The van der Waals surface area contributed by atoms with Crippen molar-refractivity contribution in [3.63, 3.8) is 0 Å². The summed E-state index contributed by atoms with van der Waals surface area (Å²) in [4.78, 5) is 4.45. The Bertz CT molecular complexity index is 323. The van der Waals surface area contributed by atoms with Gasteiger partial charge in [-0.05, 0) is 19.8 Å². The van der Waals surface area contributed by atoms with Gasteiger partial charge in [-0.2, -0.15) is 0 Å². The van der Waals surface area contributed by atoms with Crippen LogP contribution in [0.5, 0.6) is 0 Å². The van der Waals surface area contributed by atoms with Crippen LogP contribution in [0.1, 0.15) is 49.5 Å². The highest BCUT2D eigenvalue weighted by molar-refractivity contribution is 5.37. The Balaban J connectivity index is 2.26. The number of anilines is 1. The van der Waals surface area contributed by atoms with Crippen LogP contribution in [0.15, 0.2) is 0 Å². The molecule has 4 nitrogen and oxygen atoms in total. The van der Waals surface area contributed by atoms with Gasteiger partial charge < -0.3 is 11.6 Å². The van der Waals surface area contributed by atoms with E-state index in [4.69, 9.17) is 11.6 Å². The van der Waals surface area contributed by atoms with Gasteiger partial charge in [-0.25, -0.2) is 9.66 Å². The summed E-state index contributed by atoms with van der Waals surface area (Å²) in [6.07, 6.45) is 6.32. The van der Waals surface area contributed by atoms with Crippen molar-refractivity contribution in [2.75, 3.05) is 11.6 Å². The van der Waals surface area contributed by atoms with Crippen LogP contribution in [-0.2, 0) is 0 Å². The molecule has 1 heterocycles. The monoisotopic (exact) mass is 194 g/mol. The van der Waals surface area contributed by atoms with E-state index in [-0.39, 0.29) is 0 Å². The van der Waals surface area contributed by atoms with Gasteiger partial charge in [0.05, 0.1) is 5.69 Å². The lowest BCUT2D eigenvalue weighted by molar-refractivity contribution is 0.424. The van der Waals surface area contributed by atoms with Crippen molar-refractivity contribution in [1.82, 2.24) is 9.66 Å². The Morgan fingerprint density at radius 1 is 1.29 bits per heavy atom. The second kappa shape index (κ2) is 3.52. The van der Waals surface area contributed by atoms with Crippen molar-refractivity contribution in [3.8, 4) is 0 Å². The first-order chi connectivity index (χ1) is 6.70. The van der Waals surface area contributed by atoms with Crippen molar-refractivity contribution < 1.29 is 0 Å². The van der Waals surface area contributed by atoms with Crippen molar-refractivity contribution in [3.05, 3.63) is 11.5 Å². The van der Waals surface area contributed by atoms with E-state index < -0.39 is 0 Å². The quantitative estimate of drug-likeness (QED) is 0.666. The molecule has 78 valence electrons. The van der Waals surface area contributed by atoms with E-state index in [9.17, 15) is 0 Å². The van der Waals surface area contributed by atoms with Crippen LogP contribution in [-0.4, -0.2) is 9.66 Å². The van der Waals surface area contributed by atoms with Crippen LogP contribution >= 0.6 is 0 Å². The number of rotatable bonds is 1. The van der Waals surface area contributed by atoms with E-state index in [2.05, 4.69) is 4.98 Å². The van der Waals surface area contributed by atoms with Crippen molar-refractivity contribution >= 4 is 5.82 Å². The minimum atomic E-state index is 0.518. The highest BCUT2D eigenvalue weighted by Gasteiger charge is 2.21. The van der Waals surface area contributed by atoms with Crippen molar-refractivity contribution in [2.45, 2.75) is 44.9 Å². The molecule has 0 amide bonds. The molecule has 14 heavy (non-hydrogen) atoms. The normalized spacial score (nSPS) is 18.6. The zero-order valence-electron chi connectivity index (χ0n) is 8.66. The first-order valence-corrected chi connectivity index (χ1v) is 5.30. The van der Waals surface area contributed by atoms with Crippen LogP contribution in [0.3, 0.4) is 0 Å². The second-order valence-corrected chi connectivity index (χ2v) is 4.15. The van der Waals surface area contributed by atoms with Gasteiger partial charge in [0.25, 0.3) is 0 Å². The van der Waals surface area contributed by atoms with Crippen LogP contribution in [0.2, 0.25) is 0 Å². The molecule has 2 rings (SSSR count). The Kier molecular flexibility index (Phi) is 2.35. The molecule has 1 fully saturated rings. The maximum atomic E-state index is 5.86. The number of nitrogen functional groups attached to an aromatic ring is 2. The van der Waals surface area contributed by atoms with Crippen LogP contribution in [0.25, 0.3) is 0 Å². The summed E-state index contributed by atoms with van der Waals surface area (Å²) in [6.45, 7) is 1.91. The minimum Gasteiger partial charge on any atom is -0.382 e. The molecular formula is C10H18N4. The number of hydrogen-bond donors (Lipinski definition) is 2. The highest BCUT2D eigenvalue weighted by Crippen LogP contribution is 2.32. The smallest absolute Gasteiger partial charge is 0.145 e. The van der Waals surface area contributed by atoms with Gasteiger partial charge in [0, 0.05) is 5.92 Å². The number of nitrogens with zero attached hydrogens (tertiary/aromatic N) is 2. The van der Waals surface area contributed by atoms with E-state index in [1.54, 1.807) is 4.68 Å². The van der Waals surface area contributed by atoms with E-state index in [1.165, 1.54) is 32.1 Å². The van der Waals surface area contributed by atoms with Crippen LogP contribution in [0, 0.1) is 6.92 Å². The Morgan fingerprint density at radius 2 is 1.93 bits per heavy atom. The standard InChI is InChI=1S/C10H18N4/c1-7-9(11)14(12)10(13-7)8-5-3-2-4-6-8/h8H,2-6,11-12H2,1H3. The van der Waals surface area contributed by atoms with Gasteiger partial charge in [-0.1, -0.05) is 19.3 Å². The number of aryl methyl sites for hydroxylation is 1. The van der Waals surface area contributed by atoms with Gasteiger partial charge in [0.15, 0.2) is 0 Å². The molecule has 0 saturated heterocycles.